The predicted octanol–water partition coefficient (Wildman–Crippen LogP) is 7.48. The zero-order chi connectivity index (χ0) is 22.1. The maximum absolute atomic E-state index is 11.2. The predicted molar refractivity (Wildman–Crippen MR) is 125 cm³/mol. The van der Waals surface area contributed by atoms with Gasteiger partial charge >= 0.3 is 0 Å². The number of aliphatic hydroxyl groups excluding tert-OH is 1. The highest BCUT2D eigenvalue weighted by Gasteiger charge is 2.10. The molecule has 2 heteroatoms. The van der Waals surface area contributed by atoms with Crippen LogP contribution in [0.25, 0.3) is 0 Å². The number of allylic oxidation sites excluding steroid dienone is 1. The molecule has 2 unspecified atom stereocenters. The summed E-state index contributed by atoms with van der Waals surface area (Å²) >= 11 is 0. The van der Waals surface area contributed by atoms with Crippen LogP contribution in [0.1, 0.15) is 104 Å². The Morgan fingerprint density at radius 1 is 1.14 bits per heavy atom. The summed E-state index contributed by atoms with van der Waals surface area (Å²) < 4.78 is 0. The van der Waals surface area contributed by atoms with Gasteiger partial charge in [-0.2, -0.15) is 0 Å². The van der Waals surface area contributed by atoms with Crippen LogP contribution in [-0.2, 0) is 17.6 Å². The Labute approximate surface area is 175 Å². The number of carbonyl (C=O) groups excluding carboxylic acids is 1. The minimum absolute atomic E-state index is 0.230. The fraction of sp³-hybridized carbons (Fsp3) is 0.654. The monoisotopic (exact) mass is 390 g/mol. The molecule has 0 spiro atoms. The van der Waals surface area contributed by atoms with E-state index in [1.807, 2.05) is 40.7 Å². The molecule has 0 aromatic heterocycles. The van der Waals surface area contributed by atoms with Crippen molar-refractivity contribution in [1.82, 2.24) is 0 Å². The lowest BCUT2D eigenvalue weighted by Crippen LogP contribution is -2.09. The number of hydrogen-bond donors (Lipinski definition) is 1. The van der Waals surface area contributed by atoms with Crippen LogP contribution in [0.5, 0.6) is 0 Å². The molecule has 1 aromatic carbocycles. The number of aliphatic hydroxyl groups is 1. The van der Waals surface area contributed by atoms with E-state index in [1.54, 1.807) is 0 Å². The number of aryl methyl sites for hydroxylation is 1. The first-order valence-electron chi connectivity index (χ1n) is 11.2. The zero-order valence-corrected chi connectivity index (χ0v) is 19.8. The van der Waals surface area contributed by atoms with Gasteiger partial charge in [0.15, 0.2) is 0 Å². The van der Waals surface area contributed by atoms with Gasteiger partial charge in [0.2, 0.25) is 0 Å². The van der Waals surface area contributed by atoms with Crippen molar-refractivity contribution in [3.63, 3.8) is 0 Å². The second-order valence-electron chi connectivity index (χ2n) is 7.64. The molecule has 0 radical (unpaired) electrons. The molecule has 0 fully saturated rings. The summed E-state index contributed by atoms with van der Waals surface area (Å²) in [6.07, 6.45) is 7.24. The largest absolute Gasteiger partial charge is 0.389 e. The Balaban J connectivity index is 0. The molecule has 28 heavy (non-hydrogen) atoms. The lowest BCUT2D eigenvalue weighted by Gasteiger charge is -2.15. The zero-order valence-electron chi connectivity index (χ0n) is 19.8. The van der Waals surface area contributed by atoms with Gasteiger partial charge in [-0.05, 0) is 61.6 Å². The van der Waals surface area contributed by atoms with Crippen LogP contribution in [0.3, 0.4) is 0 Å². The molecule has 0 amide bonds. The average Bonchev–Trinajstić information content (AvgIpc) is 2.67. The molecule has 2 nitrogen and oxygen atoms in total. The topological polar surface area (TPSA) is 37.3 Å². The minimum Gasteiger partial charge on any atom is -0.389 e. The van der Waals surface area contributed by atoms with Crippen LogP contribution in [-0.4, -0.2) is 10.9 Å². The normalized spacial score (nSPS) is 12.2. The number of benzene rings is 1. The van der Waals surface area contributed by atoms with Crippen molar-refractivity contribution in [3.05, 3.63) is 47.5 Å². The van der Waals surface area contributed by atoms with E-state index < -0.39 is 0 Å². The Kier molecular flexibility index (Phi) is 18.2. The Morgan fingerprint density at radius 2 is 1.75 bits per heavy atom. The fourth-order valence-electron chi connectivity index (χ4n) is 2.92. The smallest absolute Gasteiger partial charge is 0.135 e. The maximum atomic E-state index is 11.2. The number of hydrogen-bond acceptors (Lipinski definition) is 2. The third kappa shape index (κ3) is 12.9. The summed E-state index contributed by atoms with van der Waals surface area (Å²) in [6, 6.07) is 6.43. The van der Waals surface area contributed by atoms with Crippen molar-refractivity contribution in [2.24, 2.45) is 11.8 Å². The minimum atomic E-state index is -0.357. The van der Waals surface area contributed by atoms with Crippen LogP contribution in [0, 0.1) is 11.8 Å². The third-order valence-corrected chi connectivity index (χ3v) is 4.54. The van der Waals surface area contributed by atoms with Crippen molar-refractivity contribution in [3.8, 4) is 0 Å². The summed E-state index contributed by atoms with van der Waals surface area (Å²) in [4.78, 5) is 11.2. The molecule has 0 saturated carbocycles. The van der Waals surface area contributed by atoms with E-state index >= 15 is 0 Å². The second kappa shape index (κ2) is 17.7. The number of ketones is 1. The summed E-state index contributed by atoms with van der Waals surface area (Å²) in [7, 11) is 0. The molecule has 1 aromatic rings. The molecule has 162 valence electrons. The van der Waals surface area contributed by atoms with E-state index in [0.29, 0.717) is 11.7 Å². The van der Waals surface area contributed by atoms with Crippen LogP contribution in [0.2, 0.25) is 0 Å². The van der Waals surface area contributed by atoms with Crippen LogP contribution in [0.15, 0.2) is 30.9 Å². The quantitative estimate of drug-likeness (QED) is 0.420. The van der Waals surface area contributed by atoms with Gasteiger partial charge in [-0.3, -0.25) is 4.79 Å². The number of Topliss-reactive ketones (excluding diaryl/α,β-unsaturated/α-hetero) is 1. The highest BCUT2D eigenvalue weighted by atomic mass is 16.3. The third-order valence-electron chi connectivity index (χ3n) is 4.54. The summed E-state index contributed by atoms with van der Waals surface area (Å²) in [6.45, 7) is 20.1. The molecule has 0 aliphatic heterocycles. The standard InChI is InChI=1S/C14H22O.C10H18O.C2H6/c1-5-12-6-7-14(11(4)15)13(9-12)8-10(2)3;1-4-6-8-9(3)10(11)7-5-2;1-2/h6-7,9-11,15H,5,8H2,1-4H3;4,9H,1,5-8H2,2-3H3;1-2H3. The molecule has 0 aliphatic rings. The van der Waals surface area contributed by atoms with Gasteiger partial charge < -0.3 is 5.11 Å². The lowest BCUT2D eigenvalue weighted by atomic mass is 9.93. The Bertz CT molecular complexity index is 529. The SMILES string of the molecule is C=CCCC(C)C(=O)CCC.CC.CCc1ccc(C(C)O)c(CC(C)C)c1. The first-order chi connectivity index (χ1) is 13.3. The molecule has 1 rings (SSSR count). The molecule has 0 aliphatic carbocycles. The van der Waals surface area contributed by atoms with E-state index in [0.717, 1.165) is 44.1 Å². The van der Waals surface area contributed by atoms with Crippen LogP contribution >= 0.6 is 0 Å². The summed E-state index contributed by atoms with van der Waals surface area (Å²) in [5, 5.41) is 9.68. The molecule has 2 atom stereocenters. The van der Waals surface area contributed by atoms with Gasteiger partial charge in [0.1, 0.15) is 5.78 Å². The Hall–Kier alpha value is -1.41. The molecule has 0 heterocycles. The van der Waals surface area contributed by atoms with Gasteiger partial charge in [-0.15, -0.1) is 6.58 Å². The van der Waals surface area contributed by atoms with Gasteiger partial charge in [0.25, 0.3) is 0 Å². The summed E-state index contributed by atoms with van der Waals surface area (Å²) in [5.74, 6) is 1.26. The van der Waals surface area contributed by atoms with E-state index in [1.165, 1.54) is 11.1 Å². The fourth-order valence-corrected chi connectivity index (χ4v) is 2.92. The first-order valence-corrected chi connectivity index (χ1v) is 11.2. The van der Waals surface area contributed by atoms with Crippen molar-refractivity contribution in [1.29, 1.82) is 0 Å². The van der Waals surface area contributed by atoms with E-state index in [-0.39, 0.29) is 12.0 Å². The van der Waals surface area contributed by atoms with Gasteiger partial charge in [-0.1, -0.05) is 72.7 Å². The first kappa shape index (κ1) is 28.8. The average molecular weight is 391 g/mol. The van der Waals surface area contributed by atoms with Gasteiger partial charge in [-0.25, -0.2) is 0 Å². The molecular weight excluding hydrogens is 344 g/mol. The maximum Gasteiger partial charge on any atom is 0.135 e. The van der Waals surface area contributed by atoms with Crippen molar-refractivity contribution in [2.45, 2.75) is 100 Å². The highest BCUT2D eigenvalue weighted by molar-refractivity contribution is 5.80. The molecular formula is C26H46O2. The van der Waals surface area contributed by atoms with Gasteiger partial charge in [0, 0.05) is 12.3 Å². The second-order valence-corrected chi connectivity index (χ2v) is 7.64. The van der Waals surface area contributed by atoms with Crippen molar-refractivity contribution < 1.29 is 9.90 Å². The van der Waals surface area contributed by atoms with Gasteiger partial charge in [0.05, 0.1) is 6.10 Å². The molecule has 1 N–H and O–H groups in total. The highest BCUT2D eigenvalue weighted by Crippen LogP contribution is 2.22. The molecule has 0 bridgehead atoms. The number of carbonyl (C=O) groups is 1. The van der Waals surface area contributed by atoms with Crippen LogP contribution in [0.4, 0.5) is 0 Å². The van der Waals surface area contributed by atoms with Crippen LogP contribution < -0.4 is 0 Å². The number of rotatable bonds is 10. The Morgan fingerprint density at radius 3 is 2.18 bits per heavy atom. The lowest BCUT2D eigenvalue weighted by molar-refractivity contribution is -0.122. The van der Waals surface area contributed by atoms with E-state index in [2.05, 4.69) is 45.5 Å². The van der Waals surface area contributed by atoms with Crippen molar-refractivity contribution in [2.75, 3.05) is 0 Å². The van der Waals surface area contributed by atoms with E-state index in [4.69, 9.17) is 0 Å². The molecule has 0 saturated heterocycles. The summed E-state index contributed by atoms with van der Waals surface area (Å²) in [5.41, 5.74) is 3.75. The van der Waals surface area contributed by atoms with Crippen molar-refractivity contribution >= 4 is 5.78 Å². The van der Waals surface area contributed by atoms with E-state index in [9.17, 15) is 9.90 Å².